The number of rotatable bonds is 5. The van der Waals surface area contributed by atoms with Crippen molar-refractivity contribution in [2.24, 2.45) is 11.3 Å². The summed E-state index contributed by atoms with van der Waals surface area (Å²) in [4.78, 5) is 15.3. The number of ether oxygens (including phenoxy) is 2. The Morgan fingerprint density at radius 3 is 2.51 bits per heavy atom. The molecule has 1 amide bonds. The Balaban J connectivity index is 1.36. The lowest BCUT2D eigenvalue weighted by Gasteiger charge is -2.44. The Bertz CT molecular complexity index is 1120. The molecule has 3 fully saturated rings. The molecule has 6 heteroatoms. The van der Waals surface area contributed by atoms with Gasteiger partial charge in [-0.25, -0.2) is 9.18 Å². The predicted octanol–water partition coefficient (Wildman–Crippen LogP) is 6.03. The fourth-order valence-electron chi connectivity index (χ4n) is 6.17. The Morgan fingerprint density at radius 2 is 1.89 bits per heavy atom. The highest BCUT2D eigenvalue weighted by Gasteiger charge is 2.42. The standard InChI is InChI=1S/C29H37FN2O3/c1-17(2)34-21-6-7-22(18(3)12-21)24-13-20-15-29(4,5)27(23(20)14-25(24)30)31-28(33)35-26-16-32-10-8-19(26)9-11-32/h6-7,12-14,17,19,26-27H,8-11,15-16H2,1-5H3,(H,31,33)/t26-,27+/m1/s1. The van der Waals surface area contributed by atoms with Gasteiger partial charge in [-0.2, -0.15) is 0 Å². The Labute approximate surface area is 208 Å². The molecular formula is C29H37FN2O3. The van der Waals surface area contributed by atoms with Crippen molar-refractivity contribution in [1.29, 1.82) is 0 Å². The zero-order valence-electron chi connectivity index (χ0n) is 21.5. The molecule has 0 saturated carbocycles. The summed E-state index contributed by atoms with van der Waals surface area (Å²) in [7, 11) is 0. The van der Waals surface area contributed by atoms with E-state index in [0.717, 1.165) is 66.9 Å². The second kappa shape index (κ2) is 9.12. The van der Waals surface area contributed by atoms with Gasteiger partial charge < -0.3 is 14.8 Å². The number of hydrogen-bond acceptors (Lipinski definition) is 4. The maximum atomic E-state index is 15.5. The number of carbonyl (C=O) groups is 1. The number of piperidine rings is 3. The van der Waals surface area contributed by atoms with E-state index in [2.05, 4.69) is 24.1 Å². The van der Waals surface area contributed by atoms with Crippen molar-refractivity contribution in [3.05, 3.63) is 52.8 Å². The maximum absolute atomic E-state index is 15.5. The molecule has 1 N–H and O–H groups in total. The molecule has 5 nitrogen and oxygen atoms in total. The summed E-state index contributed by atoms with van der Waals surface area (Å²) < 4.78 is 27.1. The topological polar surface area (TPSA) is 50.8 Å². The molecule has 0 unspecified atom stereocenters. The Morgan fingerprint density at radius 1 is 1.14 bits per heavy atom. The van der Waals surface area contributed by atoms with E-state index in [1.165, 1.54) is 0 Å². The predicted molar refractivity (Wildman–Crippen MR) is 135 cm³/mol. The second-order valence-electron chi connectivity index (χ2n) is 11.5. The van der Waals surface area contributed by atoms with E-state index in [0.29, 0.717) is 11.5 Å². The largest absolute Gasteiger partial charge is 0.491 e. The van der Waals surface area contributed by atoms with Crippen LogP contribution in [0, 0.1) is 24.1 Å². The summed E-state index contributed by atoms with van der Waals surface area (Å²) in [5.74, 6) is 0.963. The number of nitrogens with zero attached hydrogens (tertiary/aromatic N) is 1. The summed E-state index contributed by atoms with van der Waals surface area (Å²) in [5, 5.41) is 3.09. The van der Waals surface area contributed by atoms with Crippen LogP contribution < -0.4 is 10.1 Å². The van der Waals surface area contributed by atoms with Crippen LogP contribution in [0.1, 0.15) is 63.3 Å². The average Bonchev–Trinajstić information content (AvgIpc) is 3.03. The minimum atomic E-state index is -0.393. The first kappa shape index (κ1) is 24.1. The molecule has 3 heterocycles. The van der Waals surface area contributed by atoms with E-state index in [9.17, 15) is 4.79 Å². The maximum Gasteiger partial charge on any atom is 0.407 e. The van der Waals surface area contributed by atoms with Gasteiger partial charge in [0.2, 0.25) is 0 Å². The fourth-order valence-corrected chi connectivity index (χ4v) is 6.17. The third-order valence-corrected chi connectivity index (χ3v) is 7.94. The number of halogens is 1. The van der Waals surface area contributed by atoms with Gasteiger partial charge in [0.1, 0.15) is 17.7 Å². The highest BCUT2D eigenvalue weighted by molar-refractivity contribution is 5.72. The molecule has 2 aromatic carbocycles. The van der Waals surface area contributed by atoms with Crippen molar-refractivity contribution in [3.8, 4) is 16.9 Å². The molecule has 3 saturated heterocycles. The smallest absolute Gasteiger partial charge is 0.407 e. The molecule has 4 aliphatic rings. The van der Waals surface area contributed by atoms with Gasteiger partial charge in [0, 0.05) is 12.1 Å². The molecule has 0 aromatic heterocycles. The third kappa shape index (κ3) is 4.77. The van der Waals surface area contributed by atoms with Gasteiger partial charge in [-0.05, 0) is 111 Å². The van der Waals surface area contributed by atoms with Crippen LogP contribution in [0.2, 0.25) is 0 Å². The van der Waals surface area contributed by atoms with E-state index >= 15 is 4.39 Å². The summed E-state index contributed by atoms with van der Waals surface area (Å²) >= 11 is 0. The van der Waals surface area contributed by atoms with Crippen LogP contribution in [0.3, 0.4) is 0 Å². The minimum Gasteiger partial charge on any atom is -0.491 e. The molecule has 0 radical (unpaired) electrons. The lowest BCUT2D eigenvalue weighted by atomic mass is 9.85. The summed E-state index contributed by atoms with van der Waals surface area (Å²) in [6.45, 7) is 13.2. The zero-order chi connectivity index (χ0) is 24.9. The lowest BCUT2D eigenvalue weighted by molar-refractivity contribution is -0.0349. The number of amides is 1. The molecule has 2 atom stereocenters. The second-order valence-corrected chi connectivity index (χ2v) is 11.5. The van der Waals surface area contributed by atoms with Crippen molar-refractivity contribution in [2.45, 2.75) is 72.1 Å². The van der Waals surface area contributed by atoms with Crippen LogP contribution in [-0.4, -0.2) is 42.8 Å². The van der Waals surface area contributed by atoms with Gasteiger partial charge in [0.25, 0.3) is 0 Å². The summed E-state index contributed by atoms with van der Waals surface area (Å²) in [5.41, 5.74) is 4.09. The van der Waals surface area contributed by atoms with Crippen molar-refractivity contribution in [3.63, 3.8) is 0 Å². The van der Waals surface area contributed by atoms with E-state index in [1.54, 1.807) is 6.07 Å². The molecule has 0 spiro atoms. The van der Waals surface area contributed by atoms with E-state index in [1.807, 2.05) is 45.0 Å². The molecular weight excluding hydrogens is 443 g/mol. The minimum absolute atomic E-state index is 0.0498. The first-order chi connectivity index (χ1) is 16.6. The van der Waals surface area contributed by atoms with Gasteiger partial charge in [0.15, 0.2) is 0 Å². The van der Waals surface area contributed by atoms with Crippen LogP contribution in [0.25, 0.3) is 11.1 Å². The molecule has 3 aliphatic heterocycles. The summed E-state index contributed by atoms with van der Waals surface area (Å²) in [6.07, 6.45) is 2.58. The number of hydrogen-bond donors (Lipinski definition) is 1. The normalized spacial score (nSPS) is 26.5. The van der Waals surface area contributed by atoms with Gasteiger partial charge in [-0.1, -0.05) is 19.9 Å². The van der Waals surface area contributed by atoms with Gasteiger partial charge >= 0.3 is 6.09 Å². The van der Waals surface area contributed by atoms with Crippen LogP contribution in [0.15, 0.2) is 30.3 Å². The quantitative estimate of drug-likeness (QED) is 0.568. The van der Waals surface area contributed by atoms with Crippen molar-refractivity contribution < 1.29 is 18.7 Å². The van der Waals surface area contributed by atoms with Gasteiger partial charge in [-0.15, -0.1) is 0 Å². The fraction of sp³-hybridized carbons (Fsp3) is 0.552. The molecule has 6 rings (SSSR count). The number of aryl methyl sites for hydroxylation is 1. The Hall–Kier alpha value is -2.60. The first-order valence-electron chi connectivity index (χ1n) is 12.9. The molecule has 35 heavy (non-hydrogen) atoms. The SMILES string of the molecule is Cc1cc(OC(C)C)ccc1-c1cc2c(cc1F)[C@H](NC(=O)O[C@@H]1CN3CCC1CC3)C(C)(C)C2. The number of nitrogens with one attached hydrogen (secondary N) is 1. The van der Waals surface area contributed by atoms with E-state index in [-0.39, 0.29) is 29.5 Å². The first-order valence-corrected chi connectivity index (χ1v) is 12.9. The number of benzene rings is 2. The molecule has 188 valence electrons. The number of carbonyl (C=O) groups excluding carboxylic acids is 1. The molecule has 2 aromatic rings. The van der Waals surface area contributed by atoms with Crippen molar-refractivity contribution in [2.75, 3.05) is 19.6 Å². The average molecular weight is 481 g/mol. The lowest BCUT2D eigenvalue weighted by Crippen LogP contribution is -2.53. The van der Waals surface area contributed by atoms with Crippen molar-refractivity contribution in [1.82, 2.24) is 10.2 Å². The zero-order valence-corrected chi connectivity index (χ0v) is 21.5. The Kier molecular flexibility index (Phi) is 6.28. The number of alkyl carbamates (subject to hydrolysis) is 1. The van der Waals surface area contributed by atoms with E-state index in [4.69, 9.17) is 9.47 Å². The van der Waals surface area contributed by atoms with Crippen molar-refractivity contribution >= 4 is 6.09 Å². The van der Waals surface area contributed by atoms with Gasteiger partial charge in [0.05, 0.1) is 12.1 Å². The summed E-state index contributed by atoms with van der Waals surface area (Å²) in [6, 6.07) is 9.06. The van der Waals surface area contributed by atoms with E-state index < -0.39 is 6.09 Å². The monoisotopic (exact) mass is 480 g/mol. The highest BCUT2D eigenvalue weighted by Crippen LogP contribution is 2.47. The van der Waals surface area contributed by atoms with Crippen LogP contribution in [0.5, 0.6) is 5.75 Å². The van der Waals surface area contributed by atoms with Crippen LogP contribution in [-0.2, 0) is 11.2 Å². The van der Waals surface area contributed by atoms with Crippen LogP contribution in [0.4, 0.5) is 9.18 Å². The van der Waals surface area contributed by atoms with Gasteiger partial charge in [-0.3, -0.25) is 4.90 Å². The third-order valence-electron chi connectivity index (χ3n) is 7.94. The number of fused-ring (bicyclic) bond motifs is 4. The molecule has 2 bridgehead atoms. The molecule has 1 aliphatic carbocycles. The van der Waals surface area contributed by atoms with Crippen LogP contribution >= 0.6 is 0 Å². The highest BCUT2D eigenvalue weighted by atomic mass is 19.1.